The Morgan fingerprint density at radius 1 is 1.56 bits per heavy atom. The highest BCUT2D eigenvalue weighted by Gasteiger charge is 2.09. The average Bonchev–Trinajstić information content (AvgIpc) is 2.62. The average molecular weight is 236 g/mol. The van der Waals surface area contributed by atoms with Crippen LogP contribution < -0.4 is 4.80 Å². The van der Waals surface area contributed by atoms with E-state index >= 15 is 0 Å². The molecule has 5 heteroatoms. The number of nitrogens with zero attached hydrogens (tertiary/aromatic N) is 1. The minimum absolute atomic E-state index is 0.343. The number of carbonyl (C=O) groups is 1. The minimum Gasteiger partial charge on any atom is -0.465 e. The van der Waals surface area contributed by atoms with E-state index in [0.717, 1.165) is 16.8 Å². The topological polar surface area (TPSA) is 55.1 Å². The van der Waals surface area contributed by atoms with E-state index < -0.39 is 0 Å². The van der Waals surface area contributed by atoms with Crippen LogP contribution in [0.2, 0.25) is 0 Å². The Kier molecular flexibility index (Phi) is 2.78. The molecule has 1 aromatic carbocycles. The van der Waals surface area contributed by atoms with E-state index in [0.29, 0.717) is 10.4 Å². The second-order valence-electron chi connectivity index (χ2n) is 3.33. The van der Waals surface area contributed by atoms with Crippen molar-refractivity contribution in [1.29, 1.82) is 5.41 Å². The molecule has 0 saturated heterocycles. The van der Waals surface area contributed by atoms with Crippen LogP contribution in [0.15, 0.2) is 18.2 Å². The van der Waals surface area contributed by atoms with E-state index in [1.807, 2.05) is 17.6 Å². The van der Waals surface area contributed by atoms with Gasteiger partial charge >= 0.3 is 5.97 Å². The summed E-state index contributed by atoms with van der Waals surface area (Å²) in [6.07, 6.45) is 0. The molecule has 0 aliphatic heterocycles. The van der Waals surface area contributed by atoms with Crippen molar-refractivity contribution in [3.8, 4) is 0 Å². The van der Waals surface area contributed by atoms with Gasteiger partial charge in [-0.2, -0.15) is 0 Å². The van der Waals surface area contributed by atoms with Crippen LogP contribution in [0.4, 0.5) is 0 Å². The molecule has 1 heterocycles. The summed E-state index contributed by atoms with van der Waals surface area (Å²) in [5.41, 5.74) is 1.52. The molecule has 0 aliphatic carbocycles. The Morgan fingerprint density at radius 2 is 2.31 bits per heavy atom. The van der Waals surface area contributed by atoms with Gasteiger partial charge in [-0.05, 0) is 25.1 Å². The fourth-order valence-corrected chi connectivity index (χ4v) is 2.66. The lowest BCUT2D eigenvalue weighted by atomic mass is 10.2. The van der Waals surface area contributed by atoms with Gasteiger partial charge in [-0.15, -0.1) is 0 Å². The molecule has 16 heavy (non-hydrogen) atoms. The van der Waals surface area contributed by atoms with Crippen LogP contribution in [0.25, 0.3) is 10.2 Å². The number of hydrogen-bond donors (Lipinski definition) is 1. The first-order valence-electron chi connectivity index (χ1n) is 4.93. The molecule has 1 N–H and O–H groups in total. The zero-order valence-corrected chi connectivity index (χ0v) is 9.93. The second kappa shape index (κ2) is 4.09. The van der Waals surface area contributed by atoms with E-state index in [-0.39, 0.29) is 5.97 Å². The Morgan fingerprint density at radius 3 is 2.94 bits per heavy atom. The molecule has 0 amide bonds. The molecule has 0 atom stereocenters. The standard InChI is InChI=1S/C11H12N2O2S/c1-3-13-8-5-4-7(10(14)15-2)6-9(8)16-11(13)12/h4-6,12H,3H2,1-2H3. The maximum Gasteiger partial charge on any atom is 0.337 e. The number of methoxy groups -OCH3 is 1. The number of aromatic nitrogens is 1. The second-order valence-corrected chi connectivity index (χ2v) is 4.36. The summed E-state index contributed by atoms with van der Waals surface area (Å²) in [4.78, 5) is 11.8. The van der Waals surface area contributed by atoms with Crippen LogP contribution in [-0.4, -0.2) is 17.6 Å². The number of thiazole rings is 1. The van der Waals surface area contributed by atoms with Crippen LogP contribution in [0, 0.1) is 5.41 Å². The number of nitrogens with one attached hydrogen (secondary N) is 1. The number of benzene rings is 1. The first kappa shape index (κ1) is 10.9. The smallest absolute Gasteiger partial charge is 0.337 e. The van der Waals surface area contributed by atoms with Gasteiger partial charge in [0.05, 0.1) is 22.9 Å². The Hall–Kier alpha value is -1.62. The summed E-state index contributed by atoms with van der Waals surface area (Å²) in [6, 6.07) is 5.36. The number of fused-ring (bicyclic) bond motifs is 1. The third kappa shape index (κ3) is 1.63. The molecule has 0 aliphatic rings. The number of hydrogen-bond acceptors (Lipinski definition) is 4. The summed E-state index contributed by atoms with van der Waals surface area (Å²) in [5.74, 6) is -0.343. The third-order valence-electron chi connectivity index (χ3n) is 2.44. The van der Waals surface area contributed by atoms with Crippen molar-refractivity contribution in [2.24, 2.45) is 0 Å². The van der Waals surface area contributed by atoms with Crippen LogP contribution in [0.3, 0.4) is 0 Å². The van der Waals surface area contributed by atoms with Crippen LogP contribution in [0.1, 0.15) is 17.3 Å². The number of aryl methyl sites for hydroxylation is 1. The molecule has 0 spiro atoms. The van der Waals surface area contributed by atoms with Crippen LogP contribution in [-0.2, 0) is 11.3 Å². The van der Waals surface area contributed by atoms with E-state index in [1.54, 1.807) is 12.1 Å². The maximum absolute atomic E-state index is 11.3. The zero-order chi connectivity index (χ0) is 11.7. The van der Waals surface area contributed by atoms with Gasteiger partial charge in [0, 0.05) is 6.54 Å². The van der Waals surface area contributed by atoms with E-state index in [2.05, 4.69) is 4.74 Å². The van der Waals surface area contributed by atoms with Gasteiger partial charge in [0.15, 0.2) is 4.80 Å². The lowest BCUT2D eigenvalue weighted by Gasteiger charge is -2.01. The number of rotatable bonds is 2. The first-order chi connectivity index (χ1) is 7.67. The molecule has 4 nitrogen and oxygen atoms in total. The SMILES string of the molecule is CCn1c(=N)sc2cc(C(=O)OC)ccc21. The normalized spacial score (nSPS) is 10.6. The van der Waals surface area contributed by atoms with Gasteiger partial charge < -0.3 is 9.30 Å². The van der Waals surface area contributed by atoms with Gasteiger partial charge in [-0.1, -0.05) is 11.3 Å². The summed E-state index contributed by atoms with van der Waals surface area (Å²) in [7, 11) is 1.36. The molecule has 0 radical (unpaired) electrons. The predicted molar refractivity (Wildman–Crippen MR) is 62.7 cm³/mol. The first-order valence-corrected chi connectivity index (χ1v) is 5.75. The molecule has 0 bridgehead atoms. The highest BCUT2D eigenvalue weighted by molar-refractivity contribution is 7.16. The highest BCUT2D eigenvalue weighted by atomic mass is 32.1. The number of carbonyl (C=O) groups excluding carboxylic acids is 1. The fraction of sp³-hybridized carbons (Fsp3) is 0.273. The van der Waals surface area contributed by atoms with Crippen molar-refractivity contribution in [1.82, 2.24) is 4.57 Å². The Balaban J connectivity index is 2.65. The van der Waals surface area contributed by atoms with Gasteiger partial charge in [-0.25, -0.2) is 4.79 Å². The molecule has 2 aromatic rings. The minimum atomic E-state index is -0.343. The summed E-state index contributed by atoms with van der Waals surface area (Å²) in [6.45, 7) is 2.76. The molecule has 1 aromatic heterocycles. The van der Waals surface area contributed by atoms with Gasteiger partial charge in [0.25, 0.3) is 0 Å². The molecule has 0 unspecified atom stereocenters. The van der Waals surface area contributed by atoms with Crippen LogP contribution >= 0.6 is 11.3 Å². The molecular weight excluding hydrogens is 224 g/mol. The van der Waals surface area contributed by atoms with Crippen molar-refractivity contribution < 1.29 is 9.53 Å². The van der Waals surface area contributed by atoms with Gasteiger partial charge in [0.1, 0.15) is 0 Å². The van der Waals surface area contributed by atoms with E-state index in [4.69, 9.17) is 5.41 Å². The lowest BCUT2D eigenvalue weighted by Crippen LogP contribution is -2.10. The van der Waals surface area contributed by atoms with Crippen LogP contribution in [0.5, 0.6) is 0 Å². The molecule has 0 fully saturated rings. The van der Waals surface area contributed by atoms with Gasteiger partial charge in [-0.3, -0.25) is 5.41 Å². The lowest BCUT2D eigenvalue weighted by molar-refractivity contribution is 0.0601. The summed E-state index contributed by atoms with van der Waals surface area (Å²) < 4.78 is 7.50. The molecule has 84 valence electrons. The van der Waals surface area contributed by atoms with Crippen molar-refractivity contribution in [3.05, 3.63) is 28.6 Å². The van der Waals surface area contributed by atoms with Crippen molar-refractivity contribution in [2.75, 3.05) is 7.11 Å². The fourth-order valence-electron chi connectivity index (χ4n) is 1.65. The Labute approximate surface area is 96.6 Å². The largest absolute Gasteiger partial charge is 0.465 e. The van der Waals surface area contributed by atoms with E-state index in [9.17, 15) is 4.79 Å². The number of esters is 1. The predicted octanol–water partition coefficient (Wildman–Crippen LogP) is 1.99. The highest BCUT2D eigenvalue weighted by Crippen LogP contribution is 2.19. The molecule has 0 saturated carbocycles. The van der Waals surface area contributed by atoms with Crippen molar-refractivity contribution in [3.63, 3.8) is 0 Å². The zero-order valence-electron chi connectivity index (χ0n) is 9.11. The quantitative estimate of drug-likeness (QED) is 0.811. The van der Waals surface area contributed by atoms with Crippen molar-refractivity contribution >= 4 is 27.5 Å². The third-order valence-corrected chi connectivity index (χ3v) is 3.40. The summed E-state index contributed by atoms with van der Waals surface area (Å²) >= 11 is 1.37. The Bertz CT molecular complexity index is 598. The molecule has 2 rings (SSSR count). The van der Waals surface area contributed by atoms with Gasteiger partial charge in [0.2, 0.25) is 0 Å². The summed E-state index contributed by atoms with van der Waals surface area (Å²) in [5, 5.41) is 7.79. The van der Waals surface area contributed by atoms with E-state index in [1.165, 1.54) is 18.4 Å². The molecular formula is C11H12N2O2S. The maximum atomic E-state index is 11.3. The number of ether oxygens (including phenoxy) is 1. The monoisotopic (exact) mass is 236 g/mol. The van der Waals surface area contributed by atoms with Crippen molar-refractivity contribution in [2.45, 2.75) is 13.5 Å².